The van der Waals surface area contributed by atoms with Crippen LogP contribution in [0.25, 0.3) is 0 Å². The zero-order valence-electron chi connectivity index (χ0n) is 15.5. The fourth-order valence-corrected chi connectivity index (χ4v) is 2.81. The van der Waals surface area contributed by atoms with Crippen molar-refractivity contribution in [2.24, 2.45) is 0 Å². The summed E-state index contributed by atoms with van der Waals surface area (Å²) in [6.45, 7) is 5.09. The number of anilines is 4. The highest BCUT2D eigenvalue weighted by molar-refractivity contribution is 5.78. The summed E-state index contributed by atoms with van der Waals surface area (Å²) in [5.74, 6) is 1.84. The van der Waals surface area contributed by atoms with Crippen LogP contribution in [0.5, 0.6) is 0 Å². The Labute approximate surface area is 154 Å². The Morgan fingerprint density at radius 2 is 1.69 bits per heavy atom. The van der Waals surface area contributed by atoms with Crippen LogP contribution >= 0.6 is 0 Å². The minimum atomic E-state index is 0.506. The Morgan fingerprint density at radius 1 is 1.00 bits per heavy atom. The molecule has 1 heterocycles. The van der Waals surface area contributed by atoms with Gasteiger partial charge in [0, 0.05) is 19.3 Å². The molecule has 0 fully saturated rings. The molecule has 1 aromatic heterocycles. The van der Waals surface area contributed by atoms with Crippen molar-refractivity contribution in [3.8, 4) is 0 Å². The summed E-state index contributed by atoms with van der Waals surface area (Å²) in [6.07, 6.45) is 1.54. The molecule has 0 amide bonds. The van der Waals surface area contributed by atoms with Gasteiger partial charge in [-0.1, -0.05) is 56.3 Å². The zero-order valence-corrected chi connectivity index (χ0v) is 15.5. The van der Waals surface area contributed by atoms with Gasteiger partial charge in [-0.25, -0.2) is 9.97 Å². The Hall–Kier alpha value is -3.08. The van der Waals surface area contributed by atoms with Crippen LogP contribution in [0.15, 0.2) is 60.9 Å². The minimum Gasteiger partial charge on any atom is -0.393 e. The van der Waals surface area contributed by atoms with Gasteiger partial charge in [-0.15, -0.1) is 0 Å². The molecule has 0 bridgehead atoms. The molecule has 0 spiro atoms. The van der Waals surface area contributed by atoms with Gasteiger partial charge >= 0.3 is 0 Å². The maximum absolute atomic E-state index is 6.33. The molecule has 26 heavy (non-hydrogen) atoms. The van der Waals surface area contributed by atoms with E-state index in [0.29, 0.717) is 23.2 Å². The summed E-state index contributed by atoms with van der Waals surface area (Å²) in [5, 5.41) is 3.29. The van der Waals surface area contributed by atoms with Crippen molar-refractivity contribution >= 4 is 23.0 Å². The lowest BCUT2D eigenvalue weighted by atomic mass is 10.0. The van der Waals surface area contributed by atoms with Gasteiger partial charge in [0.05, 0.1) is 0 Å². The molecule has 3 rings (SSSR count). The average Bonchev–Trinajstić information content (AvgIpc) is 2.64. The molecule has 3 aromatic rings. The molecule has 0 atom stereocenters. The Kier molecular flexibility index (Phi) is 5.37. The van der Waals surface area contributed by atoms with E-state index in [4.69, 9.17) is 5.73 Å². The number of nitrogens with one attached hydrogen (secondary N) is 1. The fraction of sp³-hybridized carbons (Fsp3) is 0.238. The van der Waals surface area contributed by atoms with E-state index in [1.54, 1.807) is 0 Å². The first-order chi connectivity index (χ1) is 12.5. The average molecular weight is 347 g/mol. The van der Waals surface area contributed by atoms with Crippen molar-refractivity contribution in [3.63, 3.8) is 0 Å². The van der Waals surface area contributed by atoms with Crippen molar-refractivity contribution < 1.29 is 0 Å². The summed E-state index contributed by atoms with van der Waals surface area (Å²) in [4.78, 5) is 10.7. The Morgan fingerprint density at radius 3 is 2.35 bits per heavy atom. The number of nitrogens with zero attached hydrogens (tertiary/aromatic N) is 3. The molecule has 5 heteroatoms. The first-order valence-corrected chi connectivity index (χ1v) is 8.77. The van der Waals surface area contributed by atoms with Crippen LogP contribution in [0.2, 0.25) is 0 Å². The second-order valence-corrected chi connectivity index (χ2v) is 6.70. The van der Waals surface area contributed by atoms with E-state index in [1.165, 1.54) is 17.5 Å². The lowest BCUT2D eigenvalue weighted by Gasteiger charge is -2.21. The molecular weight excluding hydrogens is 322 g/mol. The molecular formula is C21H25N5. The highest BCUT2D eigenvalue weighted by Crippen LogP contribution is 2.29. The summed E-state index contributed by atoms with van der Waals surface area (Å²) >= 11 is 0. The molecule has 0 aliphatic heterocycles. The third kappa shape index (κ3) is 4.11. The maximum atomic E-state index is 6.33. The van der Waals surface area contributed by atoms with Crippen LogP contribution in [0.1, 0.15) is 30.9 Å². The lowest BCUT2D eigenvalue weighted by molar-refractivity contribution is 0.867. The van der Waals surface area contributed by atoms with Crippen molar-refractivity contribution in [1.82, 2.24) is 9.97 Å². The number of hydrogen-bond donors (Lipinski definition) is 2. The number of benzene rings is 2. The summed E-state index contributed by atoms with van der Waals surface area (Å²) in [6, 6.07) is 18.6. The molecule has 134 valence electrons. The predicted octanol–water partition coefficient (Wildman–Crippen LogP) is 4.56. The topological polar surface area (TPSA) is 67.1 Å². The molecule has 0 unspecified atom stereocenters. The Bertz CT molecular complexity index is 844. The van der Waals surface area contributed by atoms with E-state index in [1.807, 2.05) is 42.3 Å². The van der Waals surface area contributed by atoms with Gasteiger partial charge in [-0.2, -0.15) is 0 Å². The van der Waals surface area contributed by atoms with Crippen molar-refractivity contribution in [1.29, 1.82) is 0 Å². The SMILES string of the molecule is CC(C)c1ccc(Nc2ncnc(N(C)Cc3ccccc3)c2N)cc1. The number of rotatable bonds is 6. The highest BCUT2D eigenvalue weighted by atomic mass is 15.2. The van der Waals surface area contributed by atoms with Crippen molar-refractivity contribution in [2.45, 2.75) is 26.3 Å². The Balaban J connectivity index is 1.78. The van der Waals surface area contributed by atoms with E-state index < -0.39 is 0 Å². The third-order valence-corrected chi connectivity index (χ3v) is 4.33. The molecule has 0 radical (unpaired) electrons. The van der Waals surface area contributed by atoms with Crippen LogP contribution in [0, 0.1) is 0 Å². The molecule has 0 aliphatic rings. The van der Waals surface area contributed by atoms with Gasteiger partial charge in [0.1, 0.15) is 12.0 Å². The molecule has 0 saturated carbocycles. The normalized spacial score (nSPS) is 10.8. The monoisotopic (exact) mass is 347 g/mol. The van der Waals surface area contributed by atoms with E-state index in [0.717, 1.165) is 12.2 Å². The van der Waals surface area contributed by atoms with Crippen LogP contribution in [0.4, 0.5) is 23.0 Å². The van der Waals surface area contributed by atoms with E-state index in [2.05, 4.69) is 53.4 Å². The lowest BCUT2D eigenvalue weighted by Crippen LogP contribution is -2.20. The quantitative estimate of drug-likeness (QED) is 0.684. The van der Waals surface area contributed by atoms with Gasteiger partial charge in [0.15, 0.2) is 11.6 Å². The van der Waals surface area contributed by atoms with Gasteiger partial charge in [0.25, 0.3) is 0 Å². The summed E-state index contributed by atoms with van der Waals surface area (Å²) < 4.78 is 0. The van der Waals surface area contributed by atoms with Crippen molar-refractivity contribution in [3.05, 3.63) is 72.1 Å². The molecule has 3 N–H and O–H groups in total. The molecule has 0 saturated heterocycles. The fourth-order valence-electron chi connectivity index (χ4n) is 2.81. The molecule has 5 nitrogen and oxygen atoms in total. The minimum absolute atomic E-state index is 0.506. The number of hydrogen-bond acceptors (Lipinski definition) is 5. The zero-order chi connectivity index (χ0) is 18.5. The predicted molar refractivity (Wildman–Crippen MR) is 109 cm³/mol. The van der Waals surface area contributed by atoms with Gasteiger partial charge in [-0.05, 0) is 29.2 Å². The largest absolute Gasteiger partial charge is 0.393 e. The molecule has 2 aromatic carbocycles. The standard InChI is InChI=1S/C21H25N5/c1-15(2)17-9-11-18(12-10-17)25-20-19(22)21(24-14-23-20)26(3)13-16-7-5-4-6-8-16/h4-12,14-15H,13,22H2,1-3H3,(H,23,24,25). The van der Waals surface area contributed by atoms with E-state index >= 15 is 0 Å². The van der Waals surface area contributed by atoms with Crippen LogP contribution in [0.3, 0.4) is 0 Å². The maximum Gasteiger partial charge on any atom is 0.159 e. The smallest absolute Gasteiger partial charge is 0.159 e. The first kappa shape index (κ1) is 17.7. The van der Waals surface area contributed by atoms with Gasteiger partial charge in [0.2, 0.25) is 0 Å². The van der Waals surface area contributed by atoms with Gasteiger partial charge < -0.3 is 16.0 Å². The third-order valence-electron chi connectivity index (χ3n) is 4.33. The second-order valence-electron chi connectivity index (χ2n) is 6.70. The first-order valence-electron chi connectivity index (χ1n) is 8.77. The van der Waals surface area contributed by atoms with Gasteiger partial charge in [-0.3, -0.25) is 0 Å². The summed E-state index contributed by atoms with van der Waals surface area (Å²) in [5.41, 5.74) is 10.3. The van der Waals surface area contributed by atoms with E-state index in [-0.39, 0.29) is 0 Å². The highest BCUT2D eigenvalue weighted by Gasteiger charge is 2.13. The van der Waals surface area contributed by atoms with Crippen molar-refractivity contribution in [2.75, 3.05) is 23.0 Å². The number of nitrogens with two attached hydrogens (primary N) is 1. The van der Waals surface area contributed by atoms with Crippen LogP contribution < -0.4 is 16.0 Å². The number of aromatic nitrogens is 2. The van der Waals surface area contributed by atoms with Crippen LogP contribution in [-0.4, -0.2) is 17.0 Å². The molecule has 0 aliphatic carbocycles. The van der Waals surface area contributed by atoms with E-state index in [9.17, 15) is 0 Å². The van der Waals surface area contributed by atoms with Crippen LogP contribution in [-0.2, 0) is 6.54 Å². The number of nitrogen functional groups attached to an aromatic ring is 1. The summed E-state index contributed by atoms with van der Waals surface area (Å²) in [7, 11) is 1.98. The second kappa shape index (κ2) is 7.87.